The van der Waals surface area contributed by atoms with Crippen molar-refractivity contribution in [1.29, 1.82) is 5.26 Å². The molecule has 1 aliphatic heterocycles. The van der Waals surface area contributed by atoms with E-state index >= 15 is 0 Å². The predicted molar refractivity (Wildman–Crippen MR) is 123 cm³/mol. The molecule has 1 fully saturated rings. The summed E-state index contributed by atoms with van der Waals surface area (Å²) in [5.41, 5.74) is 2.66. The number of carbonyl (C=O) groups excluding carboxylic acids is 1. The molecule has 0 unspecified atom stereocenters. The highest BCUT2D eigenvalue weighted by atomic mass is 32.1. The number of benzene rings is 2. The molecule has 8 heteroatoms. The first-order valence-corrected chi connectivity index (χ1v) is 10.7. The first kappa shape index (κ1) is 20.8. The number of piperidine rings is 1. The molecule has 1 aliphatic rings. The zero-order valence-corrected chi connectivity index (χ0v) is 18.0. The molecule has 2 aromatic carbocycles. The molecular formula is C23H23N5O2S. The van der Waals surface area contributed by atoms with Crippen LogP contribution >= 0.6 is 12.2 Å². The minimum absolute atomic E-state index is 0.0874. The SMILES string of the molecule is CCn1c(=S)[nH]c2cc(C(=O)NC3CCN(c4ccc(C#N)cc4)CC3)ccc2c1=O. The van der Waals surface area contributed by atoms with Crippen LogP contribution in [0, 0.1) is 16.1 Å². The molecule has 3 aromatic rings. The van der Waals surface area contributed by atoms with Crippen LogP contribution in [0.4, 0.5) is 5.69 Å². The van der Waals surface area contributed by atoms with E-state index in [1.54, 1.807) is 18.2 Å². The van der Waals surface area contributed by atoms with Crippen molar-refractivity contribution >= 4 is 34.7 Å². The first-order chi connectivity index (χ1) is 15.0. The highest BCUT2D eigenvalue weighted by molar-refractivity contribution is 7.71. The molecule has 0 aliphatic carbocycles. The average molecular weight is 434 g/mol. The maximum absolute atomic E-state index is 12.8. The molecule has 2 N–H and O–H groups in total. The van der Waals surface area contributed by atoms with Gasteiger partial charge >= 0.3 is 0 Å². The van der Waals surface area contributed by atoms with Crippen molar-refractivity contribution in [3.63, 3.8) is 0 Å². The van der Waals surface area contributed by atoms with E-state index in [4.69, 9.17) is 17.5 Å². The highest BCUT2D eigenvalue weighted by Gasteiger charge is 2.21. The summed E-state index contributed by atoms with van der Waals surface area (Å²) in [5, 5.41) is 12.6. The van der Waals surface area contributed by atoms with Gasteiger partial charge in [-0.15, -0.1) is 0 Å². The summed E-state index contributed by atoms with van der Waals surface area (Å²) >= 11 is 5.26. The molecule has 7 nitrogen and oxygen atoms in total. The lowest BCUT2D eigenvalue weighted by Crippen LogP contribution is -2.44. The van der Waals surface area contributed by atoms with Crippen molar-refractivity contribution in [2.75, 3.05) is 18.0 Å². The lowest BCUT2D eigenvalue weighted by molar-refractivity contribution is 0.0931. The van der Waals surface area contributed by atoms with E-state index in [1.807, 2.05) is 31.2 Å². The number of anilines is 1. The predicted octanol–water partition coefficient (Wildman–Crippen LogP) is 3.35. The van der Waals surface area contributed by atoms with E-state index in [9.17, 15) is 9.59 Å². The van der Waals surface area contributed by atoms with Crippen LogP contribution in [0.1, 0.15) is 35.7 Å². The van der Waals surface area contributed by atoms with Crippen LogP contribution in [-0.4, -0.2) is 34.6 Å². The van der Waals surface area contributed by atoms with Crippen LogP contribution in [0.3, 0.4) is 0 Å². The van der Waals surface area contributed by atoms with Crippen molar-refractivity contribution in [2.45, 2.75) is 32.4 Å². The molecule has 158 valence electrons. The minimum atomic E-state index is -0.155. The number of carbonyl (C=O) groups is 1. The van der Waals surface area contributed by atoms with Gasteiger partial charge in [0.15, 0.2) is 4.77 Å². The van der Waals surface area contributed by atoms with Gasteiger partial charge in [-0.3, -0.25) is 14.2 Å². The number of aromatic nitrogens is 2. The topological polar surface area (TPSA) is 93.9 Å². The third-order valence-electron chi connectivity index (χ3n) is 5.75. The Balaban J connectivity index is 1.43. The summed E-state index contributed by atoms with van der Waals surface area (Å²) < 4.78 is 1.85. The van der Waals surface area contributed by atoms with E-state index < -0.39 is 0 Å². The lowest BCUT2D eigenvalue weighted by Gasteiger charge is -2.34. The van der Waals surface area contributed by atoms with Crippen molar-refractivity contribution in [3.8, 4) is 6.07 Å². The van der Waals surface area contributed by atoms with Crippen molar-refractivity contribution < 1.29 is 4.79 Å². The fraction of sp³-hybridized carbons (Fsp3) is 0.304. The van der Waals surface area contributed by atoms with Gasteiger partial charge in [0.1, 0.15) is 0 Å². The number of hydrogen-bond acceptors (Lipinski definition) is 5. The second kappa shape index (κ2) is 8.74. The number of nitrogens with one attached hydrogen (secondary N) is 2. The van der Waals surface area contributed by atoms with Gasteiger partial charge in [-0.25, -0.2) is 0 Å². The zero-order chi connectivity index (χ0) is 22.0. The molecule has 4 rings (SSSR count). The molecule has 1 saturated heterocycles. The van der Waals surface area contributed by atoms with Crippen LogP contribution in [0.2, 0.25) is 0 Å². The van der Waals surface area contributed by atoms with Crippen LogP contribution < -0.4 is 15.8 Å². The van der Waals surface area contributed by atoms with Gasteiger partial charge in [-0.2, -0.15) is 5.26 Å². The molecule has 0 radical (unpaired) electrons. The summed E-state index contributed by atoms with van der Waals surface area (Å²) in [4.78, 5) is 30.6. The number of fused-ring (bicyclic) bond motifs is 1. The maximum atomic E-state index is 12.8. The van der Waals surface area contributed by atoms with Gasteiger partial charge in [0.05, 0.1) is 22.5 Å². The Morgan fingerprint density at radius 1 is 1.23 bits per heavy atom. The Bertz CT molecular complexity index is 1280. The average Bonchev–Trinajstić information content (AvgIpc) is 2.79. The van der Waals surface area contributed by atoms with Crippen molar-refractivity contribution in [3.05, 3.63) is 68.7 Å². The molecular weight excluding hydrogens is 410 g/mol. The van der Waals surface area contributed by atoms with Crippen LogP contribution in [0.15, 0.2) is 47.3 Å². The Labute approximate surface area is 184 Å². The number of aromatic amines is 1. The van der Waals surface area contributed by atoms with Gasteiger partial charge in [0.2, 0.25) is 0 Å². The molecule has 1 amide bonds. The van der Waals surface area contributed by atoms with Gasteiger partial charge in [0.25, 0.3) is 11.5 Å². The second-order valence-corrected chi connectivity index (χ2v) is 8.02. The minimum Gasteiger partial charge on any atom is -0.371 e. The Kier molecular flexibility index (Phi) is 5.87. The number of nitriles is 1. The molecule has 1 aromatic heterocycles. The van der Waals surface area contributed by atoms with E-state index in [-0.39, 0.29) is 17.5 Å². The van der Waals surface area contributed by atoms with E-state index in [0.29, 0.717) is 33.3 Å². The number of rotatable bonds is 4. The van der Waals surface area contributed by atoms with Crippen molar-refractivity contribution in [2.24, 2.45) is 0 Å². The van der Waals surface area contributed by atoms with Gasteiger partial charge in [0, 0.05) is 36.9 Å². The van der Waals surface area contributed by atoms with E-state index in [0.717, 1.165) is 31.6 Å². The van der Waals surface area contributed by atoms with Crippen LogP contribution in [0.25, 0.3) is 10.9 Å². The summed E-state index contributed by atoms with van der Waals surface area (Å²) in [6.45, 7) is 4.02. The Morgan fingerprint density at radius 2 is 1.94 bits per heavy atom. The monoisotopic (exact) mass is 433 g/mol. The molecule has 2 heterocycles. The zero-order valence-electron chi connectivity index (χ0n) is 17.2. The smallest absolute Gasteiger partial charge is 0.262 e. The van der Waals surface area contributed by atoms with E-state index in [1.165, 1.54) is 4.57 Å². The standard InChI is InChI=1S/C23H23N5O2S/c1-2-28-22(30)19-8-5-16(13-20(19)26-23(28)31)21(29)25-17-9-11-27(12-10-17)18-6-3-15(14-24)4-7-18/h3-8,13,17H,2,9-12H2,1H3,(H,25,29)(H,26,31). The summed E-state index contributed by atoms with van der Waals surface area (Å²) in [6, 6.07) is 14.8. The molecule has 0 atom stereocenters. The maximum Gasteiger partial charge on any atom is 0.262 e. The summed E-state index contributed by atoms with van der Waals surface area (Å²) in [6.07, 6.45) is 1.67. The Morgan fingerprint density at radius 3 is 2.58 bits per heavy atom. The summed E-state index contributed by atoms with van der Waals surface area (Å²) in [5.74, 6) is -0.155. The van der Waals surface area contributed by atoms with Gasteiger partial charge < -0.3 is 15.2 Å². The van der Waals surface area contributed by atoms with Gasteiger partial charge in [-0.1, -0.05) is 0 Å². The number of hydrogen-bond donors (Lipinski definition) is 2. The fourth-order valence-electron chi connectivity index (χ4n) is 3.98. The molecule has 31 heavy (non-hydrogen) atoms. The lowest BCUT2D eigenvalue weighted by atomic mass is 10.0. The van der Waals surface area contributed by atoms with Crippen LogP contribution in [-0.2, 0) is 6.54 Å². The van der Waals surface area contributed by atoms with E-state index in [2.05, 4.69) is 21.3 Å². The molecule has 0 saturated carbocycles. The molecule has 0 bridgehead atoms. The fourth-order valence-corrected chi connectivity index (χ4v) is 4.30. The summed E-state index contributed by atoms with van der Waals surface area (Å²) in [7, 11) is 0. The number of amides is 1. The van der Waals surface area contributed by atoms with Crippen LogP contribution in [0.5, 0.6) is 0 Å². The Hall–Kier alpha value is -3.44. The quantitative estimate of drug-likeness (QED) is 0.616. The third kappa shape index (κ3) is 4.23. The number of H-pyrrole nitrogens is 1. The van der Waals surface area contributed by atoms with Gasteiger partial charge in [-0.05, 0) is 74.4 Å². The first-order valence-electron chi connectivity index (χ1n) is 10.3. The highest BCUT2D eigenvalue weighted by Crippen LogP contribution is 2.21. The molecule has 0 spiro atoms. The van der Waals surface area contributed by atoms with Crippen molar-refractivity contribution in [1.82, 2.24) is 14.9 Å². The third-order valence-corrected chi connectivity index (χ3v) is 6.07. The second-order valence-electron chi connectivity index (χ2n) is 7.63. The normalized spacial score (nSPS) is 14.4. The largest absolute Gasteiger partial charge is 0.371 e. The number of nitrogens with zero attached hydrogens (tertiary/aromatic N) is 3.